The Hall–Kier alpha value is -2.18. The van der Waals surface area contributed by atoms with E-state index in [1.165, 1.54) is 22.3 Å². The normalized spacial score (nSPS) is 13.0. The lowest BCUT2D eigenvalue weighted by Crippen LogP contribution is -2.27. The fraction of sp³-hybridized carbons (Fsp3) is 0.381. The Morgan fingerprint density at radius 3 is 2.14 bits per heavy atom. The molecule has 0 heterocycles. The van der Waals surface area contributed by atoms with E-state index in [9.17, 15) is 9.36 Å². The maximum atomic E-state index is 12.0. The van der Waals surface area contributed by atoms with E-state index in [0.717, 1.165) is 19.3 Å². The van der Waals surface area contributed by atoms with Gasteiger partial charge in [-0.2, -0.15) is 0 Å². The van der Waals surface area contributed by atoms with Crippen LogP contribution in [-0.4, -0.2) is 35.6 Å². The Labute approximate surface area is 170 Å². The molecule has 0 atom stereocenters. The van der Waals surface area contributed by atoms with Crippen LogP contribution in [0.1, 0.15) is 42.7 Å². The van der Waals surface area contributed by atoms with Crippen molar-refractivity contribution in [2.45, 2.75) is 31.6 Å². The molecule has 7 nitrogen and oxygen atoms in total. The molecule has 29 heavy (non-hydrogen) atoms. The van der Waals surface area contributed by atoms with Gasteiger partial charge in [0, 0.05) is 12.5 Å². The number of phosphoric acid groups is 1. The van der Waals surface area contributed by atoms with Gasteiger partial charge in [0.2, 0.25) is 0 Å². The summed E-state index contributed by atoms with van der Waals surface area (Å²) in [6.07, 6.45) is 2.49. The molecule has 1 aliphatic carbocycles. The third kappa shape index (κ3) is 6.15. The number of unbranched alkanes of at least 4 members (excludes halogenated alkanes) is 3. The highest BCUT2D eigenvalue weighted by molar-refractivity contribution is 7.46. The lowest BCUT2D eigenvalue weighted by Gasteiger charge is -2.14. The lowest BCUT2D eigenvalue weighted by molar-refractivity contribution is 0.142. The number of fused-ring (bicyclic) bond motifs is 3. The van der Waals surface area contributed by atoms with Gasteiger partial charge in [0.1, 0.15) is 6.61 Å². The van der Waals surface area contributed by atoms with E-state index in [1.54, 1.807) is 0 Å². The molecule has 3 rings (SSSR count). The SMILES string of the molecule is O=C(NCCCCCCOP(=O)(O)O)OCC1c2ccccc2-c2ccccc21. The van der Waals surface area contributed by atoms with Gasteiger partial charge in [0.15, 0.2) is 0 Å². The van der Waals surface area contributed by atoms with Crippen LogP contribution in [0.5, 0.6) is 0 Å². The molecule has 0 radical (unpaired) electrons. The van der Waals surface area contributed by atoms with Crippen LogP contribution in [0, 0.1) is 0 Å². The molecule has 0 fully saturated rings. The molecular formula is C21H26NO6P. The van der Waals surface area contributed by atoms with Crippen molar-refractivity contribution in [3.05, 3.63) is 59.7 Å². The van der Waals surface area contributed by atoms with E-state index in [2.05, 4.69) is 34.1 Å². The van der Waals surface area contributed by atoms with Crippen molar-refractivity contribution in [3.63, 3.8) is 0 Å². The summed E-state index contributed by atoms with van der Waals surface area (Å²) in [6, 6.07) is 16.4. The average molecular weight is 419 g/mol. The Kier molecular flexibility index (Phi) is 7.45. The number of hydrogen-bond donors (Lipinski definition) is 3. The molecule has 0 aromatic heterocycles. The first-order valence-electron chi connectivity index (χ1n) is 9.74. The highest BCUT2D eigenvalue weighted by Crippen LogP contribution is 2.44. The first-order valence-corrected chi connectivity index (χ1v) is 11.3. The summed E-state index contributed by atoms with van der Waals surface area (Å²) < 4.78 is 20.4. The highest BCUT2D eigenvalue weighted by Gasteiger charge is 2.28. The Morgan fingerprint density at radius 1 is 0.931 bits per heavy atom. The smallest absolute Gasteiger partial charge is 0.449 e. The van der Waals surface area contributed by atoms with Crippen molar-refractivity contribution in [1.29, 1.82) is 0 Å². The minimum Gasteiger partial charge on any atom is -0.449 e. The summed E-state index contributed by atoms with van der Waals surface area (Å²) in [5.74, 6) is 0.0437. The summed E-state index contributed by atoms with van der Waals surface area (Å²) in [6.45, 7) is 0.819. The topological polar surface area (TPSA) is 105 Å². The molecule has 0 saturated heterocycles. The predicted molar refractivity (Wildman–Crippen MR) is 110 cm³/mol. The monoisotopic (exact) mass is 419 g/mol. The van der Waals surface area contributed by atoms with Crippen LogP contribution in [-0.2, 0) is 13.8 Å². The minimum atomic E-state index is -4.37. The molecule has 1 aliphatic rings. The van der Waals surface area contributed by atoms with E-state index in [0.29, 0.717) is 19.6 Å². The van der Waals surface area contributed by atoms with Gasteiger partial charge in [-0.1, -0.05) is 61.4 Å². The summed E-state index contributed by atoms with van der Waals surface area (Å²) in [4.78, 5) is 29.2. The Morgan fingerprint density at radius 2 is 1.52 bits per heavy atom. The molecule has 8 heteroatoms. The van der Waals surface area contributed by atoms with Gasteiger partial charge < -0.3 is 19.8 Å². The van der Waals surface area contributed by atoms with Gasteiger partial charge in [0.05, 0.1) is 6.61 Å². The molecule has 0 unspecified atom stereocenters. The van der Waals surface area contributed by atoms with Crippen LogP contribution in [0.4, 0.5) is 4.79 Å². The van der Waals surface area contributed by atoms with Gasteiger partial charge in [0.25, 0.3) is 0 Å². The largest absolute Gasteiger partial charge is 0.469 e. The molecule has 2 aromatic rings. The second-order valence-corrected chi connectivity index (χ2v) is 8.23. The number of phosphoric ester groups is 1. The molecule has 1 amide bonds. The van der Waals surface area contributed by atoms with Gasteiger partial charge in [-0.25, -0.2) is 9.36 Å². The number of hydrogen-bond acceptors (Lipinski definition) is 4. The van der Waals surface area contributed by atoms with Crippen molar-refractivity contribution in [3.8, 4) is 11.1 Å². The zero-order valence-electron chi connectivity index (χ0n) is 16.1. The summed E-state index contributed by atoms with van der Waals surface area (Å²) in [5.41, 5.74) is 4.75. The van der Waals surface area contributed by atoms with Crippen molar-refractivity contribution in [2.75, 3.05) is 19.8 Å². The summed E-state index contributed by atoms with van der Waals surface area (Å²) in [7, 11) is -4.37. The van der Waals surface area contributed by atoms with Crippen LogP contribution in [0.3, 0.4) is 0 Å². The minimum absolute atomic E-state index is 0.0318. The molecular weight excluding hydrogens is 393 g/mol. The van der Waals surface area contributed by atoms with Crippen LogP contribution >= 0.6 is 7.82 Å². The second-order valence-electron chi connectivity index (χ2n) is 6.99. The first kappa shape index (κ1) is 21.5. The molecule has 0 saturated carbocycles. The first-order chi connectivity index (χ1) is 14.0. The fourth-order valence-corrected chi connectivity index (χ4v) is 3.97. The average Bonchev–Trinajstić information content (AvgIpc) is 3.01. The maximum absolute atomic E-state index is 12.0. The number of amides is 1. The van der Waals surface area contributed by atoms with Gasteiger partial charge in [-0.3, -0.25) is 4.52 Å². The number of carbonyl (C=O) groups is 1. The number of alkyl carbamates (subject to hydrolysis) is 1. The van der Waals surface area contributed by atoms with Crippen molar-refractivity contribution >= 4 is 13.9 Å². The third-order valence-electron chi connectivity index (χ3n) is 4.94. The summed E-state index contributed by atoms with van der Waals surface area (Å²) in [5, 5.41) is 2.75. The standard InChI is InChI=1S/C21H26NO6P/c23-21(22-13-7-1-2-8-14-28-29(24,25)26)27-15-20-18-11-5-3-9-16(18)17-10-4-6-12-19(17)20/h3-6,9-12,20H,1-2,7-8,13-15H2,(H,22,23)(H2,24,25,26). The Balaban J connectivity index is 1.37. The zero-order valence-corrected chi connectivity index (χ0v) is 17.0. The quantitative estimate of drug-likeness (QED) is 0.394. The number of rotatable bonds is 10. The number of nitrogens with one attached hydrogen (secondary N) is 1. The zero-order chi connectivity index (χ0) is 20.7. The van der Waals surface area contributed by atoms with Gasteiger partial charge in [-0.15, -0.1) is 0 Å². The molecule has 3 N–H and O–H groups in total. The van der Waals surface area contributed by atoms with E-state index in [4.69, 9.17) is 14.5 Å². The van der Waals surface area contributed by atoms with Crippen LogP contribution in [0.25, 0.3) is 11.1 Å². The van der Waals surface area contributed by atoms with Crippen LogP contribution in [0.15, 0.2) is 48.5 Å². The van der Waals surface area contributed by atoms with Gasteiger partial charge >= 0.3 is 13.9 Å². The van der Waals surface area contributed by atoms with E-state index in [1.807, 2.05) is 24.3 Å². The predicted octanol–water partition coefficient (Wildman–Crippen LogP) is 4.19. The van der Waals surface area contributed by atoms with E-state index in [-0.39, 0.29) is 12.5 Å². The van der Waals surface area contributed by atoms with E-state index >= 15 is 0 Å². The van der Waals surface area contributed by atoms with Crippen LogP contribution in [0.2, 0.25) is 0 Å². The second kappa shape index (κ2) is 10.0. The summed E-state index contributed by atoms with van der Waals surface area (Å²) >= 11 is 0. The Bertz CT molecular complexity index is 835. The molecule has 0 bridgehead atoms. The highest BCUT2D eigenvalue weighted by atomic mass is 31.2. The molecule has 0 aliphatic heterocycles. The molecule has 0 spiro atoms. The number of ether oxygens (including phenoxy) is 1. The molecule has 156 valence electrons. The molecule has 2 aromatic carbocycles. The van der Waals surface area contributed by atoms with Gasteiger partial charge in [-0.05, 0) is 35.1 Å². The van der Waals surface area contributed by atoms with E-state index < -0.39 is 13.9 Å². The maximum Gasteiger partial charge on any atom is 0.469 e. The third-order valence-corrected chi connectivity index (χ3v) is 5.46. The number of benzene rings is 2. The van der Waals surface area contributed by atoms with Crippen molar-refractivity contribution < 1.29 is 28.4 Å². The number of carbonyl (C=O) groups excluding carboxylic acids is 1. The fourth-order valence-electron chi connectivity index (χ4n) is 3.60. The van der Waals surface area contributed by atoms with Crippen LogP contribution < -0.4 is 5.32 Å². The van der Waals surface area contributed by atoms with Crippen molar-refractivity contribution in [2.24, 2.45) is 0 Å². The van der Waals surface area contributed by atoms with Crippen molar-refractivity contribution in [1.82, 2.24) is 5.32 Å². The lowest BCUT2D eigenvalue weighted by atomic mass is 9.98.